The Kier molecular flexibility index (Phi) is 48.5. The molecule has 0 spiro atoms. The maximum Gasteiger partial charge on any atom is 0.220 e. The van der Waals surface area contributed by atoms with Gasteiger partial charge < -0.3 is 165 Å². The summed E-state index contributed by atoms with van der Waals surface area (Å²) in [7, 11) is 0. The number of carbonyl (C=O) groups excluding carboxylic acids is 3. The number of nitrogens with one attached hydrogen (secondary N) is 3. The van der Waals surface area contributed by atoms with E-state index in [1.54, 1.807) is 6.08 Å². The quantitative estimate of drug-likeness (QED) is 0.0260. The molecule has 32 atom stereocenters. The maximum atomic E-state index is 13.6. The second-order valence-electron chi connectivity index (χ2n) is 32.1. The first-order valence-electron chi connectivity index (χ1n) is 43.0. The fraction of sp³-hybridized carbons (Fsp3) is 0.938. The summed E-state index contributed by atoms with van der Waals surface area (Å²) in [6.45, 7) is 0.102. The Morgan fingerprint density at radius 2 is 0.638 bits per heavy atom. The third kappa shape index (κ3) is 31.6. The van der Waals surface area contributed by atoms with E-state index >= 15 is 0 Å². The van der Waals surface area contributed by atoms with Gasteiger partial charge in [0, 0.05) is 20.3 Å². The van der Waals surface area contributed by atoms with Crippen molar-refractivity contribution in [1.29, 1.82) is 0 Å². The van der Waals surface area contributed by atoms with Gasteiger partial charge in [0.1, 0.15) is 146 Å². The number of amides is 3. The Morgan fingerprint density at radius 1 is 0.336 bits per heavy atom. The van der Waals surface area contributed by atoms with E-state index in [4.69, 9.17) is 56.8 Å². The van der Waals surface area contributed by atoms with Gasteiger partial charge in [0.25, 0.3) is 0 Å². The van der Waals surface area contributed by atoms with Gasteiger partial charge in [-0.3, -0.25) is 14.4 Å². The number of allylic oxidation sites excluding steroid dienone is 1. The molecular weight excluding hydrogens is 1530 g/mol. The standard InChI is InChI=1S/C80H145N3O33/c1-5-7-9-11-13-15-17-19-20-21-22-23-24-26-28-30-32-34-36-38-56(93)83-48(49(92)37-35-33-31-29-27-25-18-16-14-12-10-8-6-2)45-105-77-66(101)65(100)71(55(44-89)111-77)113-79-67(102)72(60(95)51(40-85)108-79)115-76-58(82-47(4)91)64(99)70(54(43-88)110-76)112-78-69(104)74(62(97)53(42-87)107-78)116-80-68(103)73(61(96)52(41-86)109-80)114-75-57(81-46(3)90)63(98)59(94)50(39-84)106-75/h35,37,48-55,57-80,84-89,92,94-104H,5-34,36,38-45H2,1-4H3,(H,81,90)(H,82,91)(H,83,93)/b37-35+/t48-,49+,50?,51?,52?,53?,54?,55?,57?,58?,59-,60-,61-,62-,63+,64+,65+,66?,67?,68?,69?,70+,71+,72-,73-,74-,75-,76-,77+,78-,79-,80+/m0/s1. The molecule has 6 aliphatic heterocycles. The number of aliphatic hydroxyl groups is 18. The van der Waals surface area contributed by atoms with Gasteiger partial charge in [0.05, 0.1) is 58.4 Å². The first kappa shape index (κ1) is 102. The van der Waals surface area contributed by atoms with Crippen LogP contribution >= 0.6 is 0 Å². The molecule has 12 unspecified atom stereocenters. The minimum atomic E-state index is -2.26. The topological polar surface area (TPSA) is 562 Å². The predicted molar refractivity (Wildman–Crippen MR) is 412 cm³/mol. The molecule has 3 amide bonds. The largest absolute Gasteiger partial charge is 0.394 e. The molecule has 0 aromatic heterocycles. The second kappa shape index (κ2) is 55.2. The fourth-order valence-corrected chi connectivity index (χ4v) is 15.8. The molecule has 0 saturated carbocycles. The molecule has 21 N–H and O–H groups in total. The van der Waals surface area contributed by atoms with Crippen molar-refractivity contribution < 1.29 is 163 Å². The summed E-state index contributed by atoms with van der Waals surface area (Å²) in [6.07, 6.45) is -15.4. The van der Waals surface area contributed by atoms with Gasteiger partial charge in [0.15, 0.2) is 37.7 Å². The zero-order valence-electron chi connectivity index (χ0n) is 68.4. The molecule has 36 heteroatoms. The molecule has 116 heavy (non-hydrogen) atoms. The lowest BCUT2D eigenvalue weighted by Gasteiger charge is -2.50. The zero-order chi connectivity index (χ0) is 84.8. The third-order valence-corrected chi connectivity index (χ3v) is 22.7. The molecule has 0 radical (unpaired) electrons. The van der Waals surface area contributed by atoms with Gasteiger partial charge in [-0.05, 0) is 19.3 Å². The van der Waals surface area contributed by atoms with Gasteiger partial charge in [-0.25, -0.2) is 0 Å². The minimum Gasteiger partial charge on any atom is -0.394 e. The van der Waals surface area contributed by atoms with Crippen LogP contribution in [0.15, 0.2) is 12.2 Å². The molecule has 678 valence electrons. The van der Waals surface area contributed by atoms with Gasteiger partial charge in [-0.15, -0.1) is 0 Å². The minimum absolute atomic E-state index is 0.176. The highest BCUT2D eigenvalue weighted by molar-refractivity contribution is 5.76. The molecule has 0 aromatic rings. The Morgan fingerprint density at radius 3 is 1.01 bits per heavy atom. The fourth-order valence-electron chi connectivity index (χ4n) is 15.8. The average molecular weight is 1680 g/mol. The smallest absolute Gasteiger partial charge is 0.220 e. The highest BCUT2D eigenvalue weighted by atomic mass is 16.8. The van der Waals surface area contributed by atoms with E-state index in [1.165, 1.54) is 135 Å². The number of rotatable bonds is 56. The molecule has 6 aliphatic rings. The van der Waals surface area contributed by atoms with Gasteiger partial charge in [-0.1, -0.05) is 206 Å². The molecule has 6 fully saturated rings. The molecular formula is C80H145N3O33. The predicted octanol–water partition coefficient (Wildman–Crippen LogP) is -0.864. The Bertz CT molecular complexity index is 2670. The van der Waals surface area contributed by atoms with Crippen LogP contribution in [0.1, 0.15) is 233 Å². The van der Waals surface area contributed by atoms with E-state index in [0.717, 1.165) is 65.2 Å². The number of hydrogen-bond donors (Lipinski definition) is 21. The monoisotopic (exact) mass is 1680 g/mol. The van der Waals surface area contributed by atoms with Crippen LogP contribution in [0.3, 0.4) is 0 Å². The lowest BCUT2D eigenvalue weighted by molar-refractivity contribution is -0.390. The summed E-state index contributed by atoms with van der Waals surface area (Å²) >= 11 is 0. The van der Waals surface area contributed by atoms with Crippen LogP contribution in [-0.2, 0) is 71.2 Å². The van der Waals surface area contributed by atoms with E-state index < -0.39 is 254 Å². The maximum absolute atomic E-state index is 13.6. The molecule has 0 aliphatic carbocycles. The van der Waals surface area contributed by atoms with E-state index in [9.17, 15) is 106 Å². The van der Waals surface area contributed by atoms with Crippen LogP contribution < -0.4 is 16.0 Å². The lowest BCUT2D eigenvalue weighted by Crippen LogP contribution is -2.70. The van der Waals surface area contributed by atoms with Crippen molar-refractivity contribution in [3.8, 4) is 0 Å². The summed E-state index contributed by atoms with van der Waals surface area (Å²) in [6, 6.07) is -4.51. The van der Waals surface area contributed by atoms with Crippen molar-refractivity contribution in [2.45, 2.75) is 429 Å². The molecule has 6 saturated heterocycles. The lowest BCUT2D eigenvalue weighted by atomic mass is 9.94. The molecule has 36 nitrogen and oxygen atoms in total. The van der Waals surface area contributed by atoms with Crippen molar-refractivity contribution >= 4 is 17.7 Å². The first-order chi connectivity index (χ1) is 55.8. The van der Waals surface area contributed by atoms with Crippen LogP contribution in [-0.4, -0.2) is 352 Å². The van der Waals surface area contributed by atoms with Gasteiger partial charge in [0.2, 0.25) is 17.7 Å². The summed E-state index contributed by atoms with van der Waals surface area (Å²) in [4.78, 5) is 38.7. The van der Waals surface area contributed by atoms with E-state index in [0.29, 0.717) is 12.8 Å². The van der Waals surface area contributed by atoms with Crippen LogP contribution in [0.5, 0.6) is 0 Å². The van der Waals surface area contributed by atoms with Gasteiger partial charge >= 0.3 is 0 Å². The molecule has 6 rings (SSSR count). The van der Waals surface area contributed by atoms with Crippen molar-refractivity contribution in [2.75, 3.05) is 46.2 Å². The van der Waals surface area contributed by atoms with Crippen LogP contribution in [0, 0.1) is 0 Å². The van der Waals surface area contributed by atoms with Crippen LogP contribution in [0.25, 0.3) is 0 Å². The van der Waals surface area contributed by atoms with Crippen LogP contribution in [0.4, 0.5) is 0 Å². The highest BCUT2D eigenvalue weighted by Gasteiger charge is 2.59. The molecule has 6 heterocycles. The highest BCUT2D eigenvalue weighted by Crippen LogP contribution is 2.38. The number of hydrogen-bond acceptors (Lipinski definition) is 33. The number of unbranched alkanes of at least 4 members (excludes halogenated alkanes) is 29. The number of ether oxygens (including phenoxy) is 12. The molecule has 0 bridgehead atoms. The Labute approximate surface area is 682 Å². The van der Waals surface area contributed by atoms with Crippen molar-refractivity contribution in [3.63, 3.8) is 0 Å². The SMILES string of the molecule is CCCCCCCCCCCCC/C=C/[C@@H](O)[C@H](CO[C@@H]1OC(CO)[C@@H](O[C@@H]2OC(CO)[C@H](O)[C@H](O[C@@H]3OC(CO)[C@@H](O[C@@H]4OC(CO)[C@H](O)[C@H](O[C@H]5OC(CO)[C@H](O)[C@H](O[C@@H]6OC(CO)[C@H](O)[C@H](O)C6NC(C)=O)C5O)C4O)[C@H](O)C3NC(C)=O)C2O)[C@H](O)C1O)NC(=O)CCCCCCCCCCCCCCCCCCCCC. The normalized spacial score (nSPS) is 36.3. The van der Waals surface area contributed by atoms with Crippen molar-refractivity contribution in [2.24, 2.45) is 0 Å². The summed E-state index contributed by atoms with van der Waals surface area (Å²) in [5.41, 5.74) is 0. The molecule has 0 aromatic carbocycles. The zero-order valence-corrected chi connectivity index (χ0v) is 68.4. The van der Waals surface area contributed by atoms with Crippen molar-refractivity contribution in [3.05, 3.63) is 12.2 Å². The Balaban J connectivity index is 1.07. The summed E-state index contributed by atoms with van der Waals surface area (Å²) in [5, 5.41) is 209. The number of carbonyl (C=O) groups is 3. The Hall–Kier alpha value is -3.05. The first-order valence-corrected chi connectivity index (χ1v) is 43.0. The van der Waals surface area contributed by atoms with E-state index in [1.807, 2.05) is 6.08 Å². The average Bonchev–Trinajstić information content (AvgIpc) is 0.770. The van der Waals surface area contributed by atoms with Gasteiger partial charge in [-0.2, -0.15) is 0 Å². The summed E-state index contributed by atoms with van der Waals surface area (Å²) < 4.78 is 70.7. The second-order valence-corrected chi connectivity index (χ2v) is 32.1. The van der Waals surface area contributed by atoms with E-state index in [2.05, 4.69) is 29.8 Å². The number of aliphatic hydroxyl groups excluding tert-OH is 18. The van der Waals surface area contributed by atoms with Crippen molar-refractivity contribution in [1.82, 2.24) is 16.0 Å². The summed E-state index contributed by atoms with van der Waals surface area (Å²) in [5.74, 6) is -1.97. The van der Waals surface area contributed by atoms with E-state index in [-0.39, 0.29) is 12.3 Å². The third-order valence-electron chi connectivity index (χ3n) is 22.7. The van der Waals surface area contributed by atoms with Crippen LogP contribution in [0.2, 0.25) is 0 Å².